The van der Waals surface area contributed by atoms with E-state index in [2.05, 4.69) is 30.2 Å². The molecule has 1 aliphatic heterocycles. The first kappa shape index (κ1) is 15.4. The lowest BCUT2D eigenvalue weighted by Crippen LogP contribution is -2.33. The first-order valence-electron chi connectivity index (χ1n) is 7.87. The number of hydrogen-bond donors (Lipinski definition) is 2. The maximum atomic E-state index is 12.1. The SMILES string of the molecule is CC(C)Cc1ccc2c(c1)NC(=O)C(N)N=C2c1ccccc1. The number of amides is 1. The lowest BCUT2D eigenvalue weighted by molar-refractivity contribution is -0.117. The molecule has 4 nitrogen and oxygen atoms in total. The zero-order valence-corrected chi connectivity index (χ0v) is 13.4. The van der Waals surface area contributed by atoms with Crippen LogP contribution in [0, 0.1) is 5.92 Å². The normalized spacial score (nSPS) is 17.3. The molecule has 1 amide bonds. The number of nitrogens with one attached hydrogen (secondary N) is 1. The summed E-state index contributed by atoms with van der Waals surface area (Å²) in [6.07, 6.45) is 0.0682. The third kappa shape index (κ3) is 3.32. The van der Waals surface area contributed by atoms with Crippen molar-refractivity contribution in [2.45, 2.75) is 26.4 Å². The van der Waals surface area contributed by atoms with Crippen LogP contribution in [0.4, 0.5) is 5.69 Å². The van der Waals surface area contributed by atoms with E-state index in [9.17, 15) is 4.79 Å². The van der Waals surface area contributed by atoms with Crippen LogP contribution in [0.3, 0.4) is 0 Å². The fourth-order valence-corrected chi connectivity index (χ4v) is 2.80. The van der Waals surface area contributed by atoms with E-state index in [4.69, 9.17) is 5.73 Å². The van der Waals surface area contributed by atoms with Crippen LogP contribution in [0.25, 0.3) is 0 Å². The largest absolute Gasteiger partial charge is 0.322 e. The van der Waals surface area contributed by atoms with Crippen LogP contribution in [0.2, 0.25) is 0 Å². The molecule has 3 rings (SSSR count). The molecule has 3 N–H and O–H groups in total. The summed E-state index contributed by atoms with van der Waals surface area (Å²) in [7, 11) is 0. The minimum atomic E-state index is -0.897. The van der Waals surface area contributed by atoms with E-state index in [0.29, 0.717) is 5.92 Å². The molecular weight excluding hydrogens is 286 g/mol. The summed E-state index contributed by atoms with van der Waals surface area (Å²) >= 11 is 0. The molecule has 23 heavy (non-hydrogen) atoms. The zero-order chi connectivity index (χ0) is 16.4. The van der Waals surface area contributed by atoms with Crippen molar-refractivity contribution in [2.75, 3.05) is 5.32 Å². The second-order valence-corrected chi connectivity index (χ2v) is 6.26. The summed E-state index contributed by atoms with van der Waals surface area (Å²) in [6, 6.07) is 16.0. The van der Waals surface area contributed by atoms with Crippen molar-refractivity contribution in [2.24, 2.45) is 16.6 Å². The van der Waals surface area contributed by atoms with Gasteiger partial charge < -0.3 is 11.1 Å². The molecule has 0 saturated carbocycles. The average molecular weight is 307 g/mol. The third-order valence-corrected chi connectivity index (χ3v) is 3.82. The molecule has 1 aliphatic rings. The number of nitrogens with two attached hydrogens (primary N) is 1. The van der Waals surface area contributed by atoms with Crippen LogP contribution in [0.1, 0.15) is 30.5 Å². The minimum absolute atomic E-state index is 0.279. The van der Waals surface area contributed by atoms with E-state index in [-0.39, 0.29) is 5.91 Å². The highest BCUT2D eigenvalue weighted by molar-refractivity contribution is 6.19. The fraction of sp³-hybridized carbons (Fsp3) is 0.263. The number of carbonyl (C=O) groups is 1. The second kappa shape index (κ2) is 6.34. The van der Waals surface area contributed by atoms with Crippen molar-refractivity contribution in [3.05, 3.63) is 65.2 Å². The summed E-state index contributed by atoms with van der Waals surface area (Å²) in [6.45, 7) is 4.36. The molecule has 0 spiro atoms. The predicted molar refractivity (Wildman–Crippen MR) is 93.7 cm³/mol. The Morgan fingerprint density at radius 3 is 2.61 bits per heavy atom. The highest BCUT2D eigenvalue weighted by Crippen LogP contribution is 2.26. The van der Waals surface area contributed by atoms with Gasteiger partial charge in [-0.2, -0.15) is 0 Å². The van der Waals surface area contributed by atoms with Crippen molar-refractivity contribution in [3.8, 4) is 0 Å². The Labute approximate surface area is 136 Å². The number of rotatable bonds is 3. The van der Waals surface area contributed by atoms with Crippen molar-refractivity contribution in [3.63, 3.8) is 0 Å². The molecule has 1 unspecified atom stereocenters. The van der Waals surface area contributed by atoms with Gasteiger partial charge in [-0.25, -0.2) is 0 Å². The van der Waals surface area contributed by atoms with E-state index < -0.39 is 6.17 Å². The van der Waals surface area contributed by atoms with Gasteiger partial charge in [-0.05, 0) is 24.0 Å². The van der Waals surface area contributed by atoms with Gasteiger partial charge >= 0.3 is 0 Å². The molecule has 2 aromatic rings. The van der Waals surface area contributed by atoms with Gasteiger partial charge in [0.2, 0.25) is 0 Å². The first-order valence-corrected chi connectivity index (χ1v) is 7.87. The second-order valence-electron chi connectivity index (χ2n) is 6.26. The molecule has 0 fully saturated rings. The van der Waals surface area contributed by atoms with E-state index in [1.807, 2.05) is 42.5 Å². The van der Waals surface area contributed by atoms with Gasteiger partial charge in [-0.1, -0.05) is 56.3 Å². The van der Waals surface area contributed by atoms with Gasteiger partial charge in [0.15, 0.2) is 6.17 Å². The van der Waals surface area contributed by atoms with E-state index in [0.717, 1.165) is 28.9 Å². The molecule has 1 heterocycles. The highest BCUT2D eigenvalue weighted by Gasteiger charge is 2.23. The third-order valence-electron chi connectivity index (χ3n) is 3.82. The van der Waals surface area contributed by atoms with Gasteiger partial charge in [0.1, 0.15) is 0 Å². The Morgan fingerprint density at radius 1 is 1.17 bits per heavy atom. The van der Waals surface area contributed by atoms with Crippen molar-refractivity contribution in [1.82, 2.24) is 0 Å². The molecule has 4 heteroatoms. The standard InChI is InChI=1S/C19H21N3O/c1-12(2)10-13-8-9-15-16(11-13)21-19(23)18(20)22-17(15)14-6-4-3-5-7-14/h3-9,11-12,18H,10,20H2,1-2H3,(H,21,23). The van der Waals surface area contributed by atoms with Crippen LogP contribution < -0.4 is 11.1 Å². The van der Waals surface area contributed by atoms with E-state index in [1.165, 1.54) is 5.56 Å². The Morgan fingerprint density at radius 2 is 1.91 bits per heavy atom. The first-order chi connectivity index (χ1) is 11.0. The summed E-state index contributed by atoms with van der Waals surface area (Å²) in [5.41, 5.74) is 10.5. The van der Waals surface area contributed by atoms with Crippen LogP contribution in [-0.4, -0.2) is 17.8 Å². The Hall–Kier alpha value is -2.46. The summed E-state index contributed by atoms with van der Waals surface area (Å²) < 4.78 is 0. The van der Waals surface area contributed by atoms with Crippen LogP contribution in [0.15, 0.2) is 53.5 Å². The number of nitrogens with zero attached hydrogens (tertiary/aromatic N) is 1. The number of carbonyl (C=O) groups excluding carboxylic acids is 1. The molecule has 0 aliphatic carbocycles. The minimum Gasteiger partial charge on any atom is -0.322 e. The lowest BCUT2D eigenvalue weighted by Gasteiger charge is -2.13. The van der Waals surface area contributed by atoms with E-state index in [1.54, 1.807) is 0 Å². The fourth-order valence-electron chi connectivity index (χ4n) is 2.80. The summed E-state index contributed by atoms with van der Waals surface area (Å²) in [5, 5.41) is 2.91. The molecule has 0 bridgehead atoms. The molecule has 2 aromatic carbocycles. The molecule has 0 saturated heterocycles. The van der Waals surface area contributed by atoms with Crippen LogP contribution in [0.5, 0.6) is 0 Å². The average Bonchev–Trinajstić information content (AvgIpc) is 2.64. The monoisotopic (exact) mass is 307 g/mol. The number of fused-ring (bicyclic) bond motifs is 1. The van der Waals surface area contributed by atoms with Gasteiger partial charge in [0.25, 0.3) is 5.91 Å². The molecule has 118 valence electrons. The molecule has 0 aromatic heterocycles. The quantitative estimate of drug-likeness (QED) is 0.915. The van der Waals surface area contributed by atoms with Crippen LogP contribution >= 0.6 is 0 Å². The Balaban J connectivity index is 2.11. The zero-order valence-electron chi connectivity index (χ0n) is 13.4. The molecule has 1 atom stereocenters. The Kier molecular flexibility index (Phi) is 4.26. The maximum Gasteiger partial charge on any atom is 0.263 e. The highest BCUT2D eigenvalue weighted by atomic mass is 16.2. The molecule has 0 radical (unpaired) electrons. The van der Waals surface area contributed by atoms with Gasteiger partial charge in [0.05, 0.1) is 11.4 Å². The van der Waals surface area contributed by atoms with Gasteiger partial charge in [-0.3, -0.25) is 9.79 Å². The smallest absolute Gasteiger partial charge is 0.263 e. The summed E-state index contributed by atoms with van der Waals surface area (Å²) in [5.74, 6) is 0.276. The van der Waals surface area contributed by atoms with Crippen LogP contribution in [-0.2, 0) is 11.2 Å². The van der Waals surface area contributed by atoms with Gasteiger partial charge in [-0.15, -0.1) is 0 Å². The number of hydrogen-bond acceptors (Lipinski definition) is 3. The number of benzodiazepines with no additional fused rings is 1. The predicted octanol–water partition coefficient (Wildman–Crippen LogP) is 2.96. The van der Waals surface area contributed by atoms with Crippen molar-refractivity contribution < 1.29 is 4.79 Å². The maximum absolute atomic E-state index is 12.1. The summed E-state index contributed by atoms with van der Waals surface area (Å²) in [4.78, 5) is 16.6. The molecular formula is C19H21N3O. The lowest BCUT2D eigenvalue weighted by atomic mass is 9.96. The Bertz CT molecular complexity index is 750. The van der Waals surface area contributed by atoms with Gasteiger partial charge in [0, 0.05) is 11.1 Å². The number of benzene rings is 2. The van der Waals surface area contributed by atoms with Crippen molar-refractivity contribution in [1.29, 1.82) is 0 Å². The van der Waals surface area contributed by atoms with Crippen molar-refractivity contribution >= 4 is 17.3 Å². The number of aliphatic imine (C=N–C) groups is 1. The number of anilines is 1. The topological polar surface area (TPSA) is 67.5 Å². The van der Waals surface area contributed by atoms with E-state index >= 15 is 0 Å².